The summed E-state index contributed by atoms with van der Waals surface area (Å²) in [5.74, 6) is 1.16. The number of rotatable bonds is 10. The average molecular weight is 598 g/mol. The Morgan fingerprint density at radius 2 is 2.08 bits per heavy atom. The zero-order chi connectivity index (χ0) is 27.4. The van der Waals surface area contributed by atoms with Crippen LogP contribution >= 0.6 is 46.3 Å². The van der Waals surface area contributed by atoms with E-state index in [4.69, 9.17) is 32.7 Å². The quantitative estimate of drug-likeness (QED) is 0.202. The van der Waals surface area contributed by atoms with Crippen molar-refractivity contribution in [1.29, 1.82) is 0 Å². The number of carbonyl (C=O) groups is 2. The van der Waals surface area contributed by atoms with E-state index in [-0.39, 0.29) is 24.2 Å². The van der Waals surface area contributed by atoms with Gasteiger partial charge in [-0.15, -0.1) is 21.5 Å². The first-order chi connectivity index (χ1) is 18.2. The zero-order valence-corrected chi connectivity index (χ0v) is 24.8. The van der Waals surface area contributed by atoms with Gasteiger partial charge in [0.05, 0.1) is 22.9 Å². The fourth-order valence-electron chi connectivity index (χ4n) is 4.37. The van der Waals surface area contributed by atoms with Crippen LogP contribution in [-0.4, -0.2) is 39.0 Å². The molecule has 1 aliphatic carbocycles. The van der Waals surface area contributed by atoms with Crippen molar-refractivity contribution in [2.45, 2.75) is 64.8 Å². The smallest absolute Gasteiger partial charge is 0.341 e. The average Bonchev–Trinajstić information content (AvgIpc) is 3.44. The molecule has 1 amide bonds. The summed E-state index contributed by atoms with van der Waals surface area (Å²) in [6.45, 7) is 8.69. The Hall–Kier alpha value is -2.27. The van der Waals surface area contributed by atoms with Gasteiger partial charge in [-0.3, -0.25) is 4.79 Å². The van der Waals surface area contributed by atoms with Crippen LogP contribution in [-0.2, 0) is 28.9 Å². The second-order valence-electron chi connectivity index (χ2n) is 9.03. The summed E-state index contributed by atoms with van der Waals surface area (Å²) < 4.78 is 13.2. The highest BCUT2D eigenvalue weighted by Gasteiger charge is 2.29. The molecule has 1 aliphatic rings. The standard InChI is InChI=1S/C26H30Cl2N4O4S2/c1-5-32-23(15(4)36-19-10-8-16(27)12-18(19)28)30-31-26(32)37-13-21(33)29-24-22(25(34)35-6-2)17-9-7-14(3)11-20(17)38-24/h8,10,12,14-15H,5-7,9,11,13H2,1-4H3,(H,29,33). The van der Waals surface area contributed by atoms with Gasteiger partial charge in [0.25, 0.3) is 0 Å². The number of hydrogen-bond acceptors (Lipinski definition) is 8. The van der Waals surface area contributed by atoms with Gasteiger partial charge in [0.1, 0.15) is 10.8 Å². The van der Waals surface area contributed by atoms with E-state index >= 15 is 0 Å². The number of benzene rings is 1. The molecule has 2 unspecified atom stereocenters. The maximum Gasteiger partial charge on any atom is 0.341 e. The summed E-state index contributed by atoms with van der Waals surface area (Å²) in [5.41, 5.74) is 1.52. The van der Waals surface area contributed by atoms with Gasteiger partial charge in [-0.05, 0) is 69.7 Å². The molecule has 38 heavy (non-hydrogen) atoms. The molecule has 2 atom stereocenters. The maximum atomic E-state index is 13.0. The Morgan fingerprint density at radius 3 is 2.79 bits per heavy atom. The van der Waals surface area contributed by atoms with E-state index in [1.54, 1.807) is 25.1 Å². The van der Waals surface area contributed by atoms with Crippen LogP contribution in [0.1, 0.15) is 66.8 Å². The highest BCUT2D eigenvalue weighted by Crippen LogP contribution is 2.40. The third kappa shape index (κ3) is 6.47. The van der Waals surface area contributed by atoms with Crippen LogP contribution < -0.4 is 10.1 Å². The lowest BCUT2D eigenvalue weighted by molar-refractivity contribution is -0.113. The molecule has 3 aromatic rings. The second kappa shape index (κ2) is 12.7. The number of halogens is 2. The minimum Gasteiger partial charge on any atom is -0.481 e. The van der Waals surface area contributed by atoms with E-state index in [0.717, 1.165) is 29.7 Å². The van der Waals surface area contributed by atoms with Crippen LogP contribution in [0.25, 0.3) is 0 Å². The Morgan fingerprint density at radius 1 is 1.29 bits per heavy atom. The molecule has 0 saturated carbocycles. The maximum absolute atomic E-state index is 13.0. The van der Waals surface area contributed by atoms with Crippen molar-refractivity contribution in [3.63, 3.8) is 0 Å². The summed E-state index contributed by atoms with van der Waals surface area (Å²) in [6.07, 6.45) is 2.30. The summed E-state index contributed by atoms with van der Waals surface area (Å²) in [5, 5.41) is 13.6. The molecule has 0 aliphatic heterocycles. The van der Waals surface area contributed by atoms with Crippen LogP contribution in [0.3, 0.4) is 0 Å². The number of nitrogens with zero attached hydrogens (tertiary/aromatic N) is 3. The minimum absolute atomic E-state index is 0.109. The van der Waals surface area contributed by atoms with Crippen molar-refractivity contribution in [1.82, 2.24) is 14.8 Å². The molecule has 0 spiro atoms. The van der Waals surface area contributed by atoms with Crippen LogP contribution in [0, 0.1) is 5.92 Å². The van der Waals surface area contributed by atoms with Gasteiger partial charge in [0, 0.05) is 16.4 Å². The number of anilines is 1. The second-order valence-corrected chi connectivity index (χ2v) is 11.9. The SMILES string of the molecule is CCOC(=O)c1c(NC(=O)CSc2nnc(C(C)Oc3ccc(Cl)cc3Cl)n2CC)sc2c1CCC(C)C2. The van der Waals surface area contributed by atoms with Crippen molar-refractivity contribution in [2.75, 3.05) is 17.7 Å². The number of esters is 1. The first-order valence-corrected chi connectivity index (χ1v) is 15.1. The predicted molar refractivity (Wildman–Crippen MR) is 152 cm³/mol. The van der Waals surface area contributed by atoms with Gasteiger partial charge >= 0.3 is 5.97 Å². The molecule has 1 aromatic carbocycles. The summed E-state index contributed by atoms with van der Waals surface area (Å²) in [6, 6.07) is 5.03. The molecule has 0 saturated heterocycles. The van der Waals surface area contributed by atoms with E-state index in [9.17, 15) is 9.59 Å². The van der Waals surface area contributed by atoms with Gasteiger partial charge in [-0.2, -0.15) is 0 Å². The fourth-order valence-corrected chi connectivity index (χ4v) is 7.05. The Labute approximate surface area is 240 Å². The number of aromatic nitrogens is 3. The third-order valence-corrected chi connectivity index (χ3v) is 8.87. The highest BCUT2D eigenvalue weighted by molar-refractivity contribution is 7.99. The topological polar surface area (TPSA) is 95.3 Å². The number of carbonyl (C=O) groups excluding carboxylic acids is 2. The van der Waals surface area contributed by atoms with Crippen molar-refractivity contribution >= 4 is 63.2 Å². The Bertz CT molecular complexity index is 1330. The lowest BCUT2D eigenvalue weighted by Gasteiger charge is -2.18. The molecule has 2 aromatic heterocycles. The molecule has 0 bridgehead atoms. The number of thioether (sulfide) groups is 1. The van der Waals surface area contributed by atoms with Crippen molar-refractivity contribution < 1.29 is 19.1 Å². The highest BCUT2D eigenvalue weighted by atomic mass is 35.5. The van der Waals surface area contributed by atoms with Crippen LogP contribution in [0.2, 0.25) is 10.0 Å². The number of hydrogen-bond donors (Lipinski definition) is 1. The van der Waals surface area contributed by atoms with E-state index in [2.05, 4.69) is 22.4 Å². The summed E-state index contributed by atoms with van der Waals surface area (Å²) >= 11 is 15.0. The van der Waals surface area contributed by atoms with Crippen molar-refractivity contribution in [3.8, 4) is 5.75 Å². The van der Waals surface area contributed by atoms with Crippen molar-refractivity contribution in [3.05, 3.63) is 50.1 Å². The van der Waals surface area contributed by atoms with Gasteiger partial charge in [0.2, 0.25) is 5.91 Å². The first-order valence-electron chi connectivity index (χ1n) is 12.5. The van der Waals surface area contributed by atoms with Crippen LogP contribution in [0.15, 0.2) is 23.4 Å². The van der Waals surface area contributed by atoms with E-state index in [1.807, 2.05) is 18.4 Å². The molecule has 204 valence electrons. The predicted octanol–water partition coefficient (Wildman–Crippen LogP) is 6.84. The molecule has 8 nitrogen and oxygen atoms in total. The van der Waals surface area contributed by atoms with Crippen LogP contribution in [0.4, 0.5) is 5.00 Å². The normalized spacial score (nSPS) is 15.6. The van der Waals surface area contributed by atoms with Gasteiger partial charge in [0.15, 0.2) is 17.1 Å². The third-order valence-electron chi connectivity index (χ3n) is 6.20. The number of fused-ring (bicyclic) bond motifs is 1. The largest absolute Gasteiger partial charge is 0.481 e. The summed E-state index contributed by atoms with van der Waals surface area (Å²) in [7, 11) is 0. The molecule has 12 heteroatoms. The van der Waals surface area contributed by atoms with Gasteiger partial charge in [-0.1, -0.05) is 41.9 Å². The summed E-state index contributed by atoms with van der Waals surface area (Å²) in [4.78, 5) is 26.8. The number of ether oxygens (including phenoxy) is 2. The Balaban J connectivity index is 1.45. The van der Waals surface area contributed by atoms with E-state index in [0.29, 0.717) is 49.8 Å². The number of nitrogens with one attached hydrogen (secondary N) is 1. The molecular formula is C26H30Cl2N4O4S2. The van der Waals surface area contributed by atoms with E-state index in [1.165, 1.54) is 23.1 Å². The van der Waals surface area contributed by atoms with E-state index < -0.39 is 6.10 Å². The molecule has 4 rings (SSSR count). The van der Waals surface area contributed by atoms with Gasteiger partial charge in [-0.25, -0.2) is 4.79 Å². The Kier molecular flexibility index (Phi) is 9.62. The van der Waals surface area contributed by atoms with Crippen molar-refractivity contribution in [2.24, 2.45) is 5.92 Å². The molecule has 1 N–H and O–H groups in total. The van der Waals surface area contributed by atoms with Gasteiger partial charge < -0.3 is 19.4 Å². The lowest BCUT2D eigenvalue weighted by atomic mass is 9.88. The lowest BCUT2D eigenvalue weighted by Crippen LogP contribution is -2.18. The molecule has 0 fully saturated rings. The molecule has 0 radical (unpaired) electrons. The molecule has 2 heterocycles. The molecular weight excluding hydrogens is 567 g/mol. The monoisotopic (exact) mass is 596 g/mol. The zero-order valence-electron chi connectivity index (χ0n) is 21.7. The minimum atomic E-state index is -0.434. The number of thiophene rings is 1. The number of amides is 1. The first kappa shape index (κ1) is 28.7. The van der Waals surface area contributed by atoms with Crippen LogP contribution in [0.5, 0.6) is 5.75 Å². The fraction of sp³-hybridized carbons (Fsp3) is 0.462.